The number of nitrogens with one attached hydrogen (secondary N) is 1. The Balaban J connectivity index is 1.60. The Kier molecular flexibility index (Phi) is 7.02. The summed E-state index contributed by atoms with van der Waals surface area (Å²) in [5.41, 5.74) is 2.49. The monoisotopic (exact) mass is 459 g/mol. The van der Waals surface area contributed by atoms with E-state index in [2.05, 4.69) is 20.4 Å². The molecule has 174 valence electrons. The summed E-state index contributed by atoms with van der Waals surface area (Å²) in [4.78, 5) is 21.9. The number of aromatic nitrogens is 4. The zero-order chi connectivity index (χ0) is 23.9. The highest BCUT2D eigenvalue weighted by Gasteiger charge is 2.18. The van der Waals surface area contributed by atoms with Crippen LogP contribution in [0.1, 0.15) is 15.9 Å². The first-order valence-electron chi connectivity index (χ1n) is 10.6. The fourth-order valence-corrected chi connectivity index (χ4v) is 3.38. The van der Waals surface area contributed by atoms with Crippen molar-refractivity contribution in [2.24, 2.45) is 0 Å². The van der Waals surface area contributed by atoms with Crippen molar-refractivity contribution in [2.75, 3.05) is 26.6 Å². The summed E-state index contributed by atoms with van der Waals surface area (Å²) in [6, 6.07) is 16.7. The van der Waals surface area contributed by atoms with E-state index in [4.69, 9.17) is 14.2 Å². The van der Waals surface area contributed by atoms with Crippen molar-refractivity contribution < 1.29 is 19.0 Å². The molecule has 0 spiro atoms. The molecule has 0 aliphatic carbocycles. The van der Waals surface area contributed by atoms with Crippen LogP contribution in [0.4, 0.5) is 5.95 Å². The van der Waals surface area contributed by atoms with Gasteiger partial charge in [0.05, 0.1) is 27.8 Å². The van der Waals surface area contributed by atoms with E-state index in [9.17, 15) is 4.79 Å². The average molecular weight is 460 g/mol. The SMILES string of the molecule is COc1ccc(CNc2nc(-c3cccnc3)nn2C(=O)Cc2ccc(OC)c(OC)c2)cc1. The van der Waals surface area contributed by atoms with Gasteiger partial charge in [0.1, 0.15) is 5.75 Å². The molecule has 0 aliphatic rings. The maximum atomic E-state index is 13.2. The quantitative estimate of drug-likeness (QED) is 0.403. The third-order valence-electron chi connectivity index (χ3n) is 5.18. The number of carbonyl (C=O) groups is 1. The molecule has 0 saturated carbocycles. The zero-order valence-electron chi connectivity index (χ0n) is 19.2. The number of pyridine rings is 1. The van der Waals surface area contributed by atoms with Crippen LogP contribution < -0.4 is 19.5 Å². The van der Waals surface area contributed by atoms with E-state index < -0.39 is 0 Å². The molecule has 0 bridgehead atoms. The van der Waals surface area contributed by atoms with Crippen LogP contribution in [0.2, 0.25) is 0 Å². The summed E-state index contributed by atoms with van der Waals surface area (Å²) in [7, 11) is 4.75. The third-order valence-corrected chi connectivity index (χ3v) is 5.18. The number of nitrogens with zero attached hydrogens (tertiary/aromatic N) is 4. The van der Waals surface area contributed by atoms with Crippen LogP contribution in [0.15, 0.2) is 67.0 Å². The summed E-state index contributed by atoms with van der Waals surface area (Å²) in [6.07, 6.45) is 3.44. The van der Waals surface area contributed by atoms with Crippen molar-refractivity contribution in [3.05, 3.63) is 78.1 Å². The average Bonchev–Trinajstić information content (AvgIpc) is 3.32. The van der Waals surface area contributed by atoms with Crippen LogP contribution in [0.3, 0.4) is 0 Å². The van der Waals surface area contributed by atoms with Gasteiger partial charge in [-0.25, -0.2) is 0 Å². The van der Waals surface area contributed by atoms with E-state index >= 15 is 0 Å². The minimum atomic E-state index is -0.243. The van der Waals surface area contributed by atoms with Crippen molar-refractivity contribution in [1.29, 1.82) is 0 Å². The number of hydrogen-bond donors (Lipinski definition) is 1. The molecule has 0 fully saturated rings. The lowest BCUT2D eigenvalue weighted by Crippen LogP contribution is -2.18. The van der Waals surface area contributed by atoms with Gasteiger partial charge in [0.15, 0.2) is 17.3 Å². The van der Waals surface area contributed by atoms with Gasteiger partial charge in [0, 0.05) is 24.5 Å². The second kappa shape index (κ2) is 10.5. The van der Waals surface area contributed by atoms with Crippen molar-refractivity contribution in [2.45, 2.75) is 13.0 Å². The van der Waals surface area contributed by atoms with Gasteiger partial charge in [-0.05, 0) is 47.5 Å². The minimum Gasteiger partial charge on any atom is -0.497 e. The molecule has 2 aromatic carbocycles. The van der Waals surface area contributed by atoms with Gasteiger partial charge < -0.3 is 19.5 Å². The molecule has 0 radical (unpaired) electrons. The molecule has 0 aliphatic heterocycles. The third kappa shape index (κ3) is 5.15. The van der Waals surface area contributed by atoms with Crippen LogP contribution in [-0.2, 0) is 13.0 Å². The Morgan fingerprint density at radius 3 is 2.38 bits per heavy atom. The lowest BCUT2D eigenvalue weighted by molar-refractivity contribution is 0.0901. The Hall–Kier alpha value is -4.40. The van der Waals surface area contributed by atoms with Crippen LogP contribution in [-0.4, -0.2) is 47.0 Å². The molecular formula is C25H25N5O4. The van der Waals surface area contributed by atoms with E-state index in [-0.39, 0.29) is 12.3 Å². The van der Waals surface area contributed by atoms with E-state index in [1.807, 2.05) is 36.4 Å². The maximum absolute atomic E-state index is 13.2. The highest BCUT2D eigenvalue weighted by atomic mass is 16.5. The minimum absolute atomic E-state index is 0.105. The van der Waals surface area contributed by atoms with Crippen molar-refractivity contribution in [3.8, 4) is 28.6 Å². The van der Waals surface area contributed by atoms with Crippen molar-refractivity contribution in [3.63, 3.8) is 0 Å². The lowest BCUT2D eigenvalue weighted by Gasteiger charge is -2.10. The fraction of sp³-hybridized carbons (Fsp3) is 0.200. The molecule has 0 atom stereocenters. The molecule has 0 saturated heterocycles. The van der Waals surface area contributed by atoms with Gasteiger partial charge in [-0.1, -0.05) is 18.2 Å². The molecule has 9 heteroatoms. The highest BCUT2D eigenvalue weighted by Crippen LogP contribution is 2.28. The molecular weight excluding hydrogens is 434 g/mol. The van der Waals surface area contributed by atoms with Gasteiger partial charge in [-0.15, -0.1) is 5.10 Å². The van der Waals surface area contributed by atoms with Gasteiger partial charge >= 0.3 is 0 Å². The normalized spacial score (nSPS) is 10.6. The second-order valence-corrected chi connectivity index (χ2v) is 7.37. The van der Waals surface area contributed by atoms with Crippen LogP contribution in [0, 0.1) is 0 Å². The molecule has 4 rings (SSSR count). The number of rotatable bonds is 9. The summed E-state index contributed by atoms with van der Waals surface area (Å²) >= 11 is 0. The molecule has 2 aromatic heterocycles. The fourth-order valence-electron chi connectivity index (χ4n) is 3.38. The van der Waals surface area contributed by atoms with E-state index in [1.54, 1.807) is 51.9 Å². The van der Waals surface area contributed by atoms with Gasteiger partial charge in [0.2, 0.25) is 5.95 Å². The number of methoxy groups -OCH3 is 3. The van der Waals surface area contributed by atoms with Gasteiger partial charge in [-0.2, -0.15) is 9.67 Å². The smallest absolute Gasteiger partial charge is 0.254 e. The Morgan fingerprint density at radius 2 is 1.71 bits per heavy atom. The number of carbonyl (C=O) groups excluding carboxylic acids is 1. The summed E-state index contributed by atoms with van der Waals surface area (Å²) in [5.74, 6) is 2.44. The van der Waals surface area contributed by atoms with E-state index in [1.165, 1.54) is 4.68 Å². The largest absolute Gasteiger partial charge is 0.497 e. The Morgan fingerprint density at radius 1 is 0.941 bits per heavy atom. The van der Waals surface area contributed by atoms with Crippen LogP contribution in [0.5, 0.6) is 17.2 Å². The summed E-state index contributed by atoms with van der Waals surface area (Å²) < 4.78 is 17.1. The zero-order valence-corrected chi connectivity index (χ0v) is 19.2. The predicted molar refractivity (Wildman–Crippen MR) is 127 cm³/mol. The lowest BCUT2D eigenvalue weighted by atomic mass is 10.1. The van der Waals surface area contributed by atoms with Gasteiger partial charge in [-0.3, -0.25) is 9.78 Å². The number of hydrogen-bond acceptors (Lipinski definition) is 8. The topological polar surface area (TPSA) is 100 Å². The number of ether oxygens (including phenoxy) is 3. The summed E-state index contributed by atoms with van der Waals surface area (Å²) in [6.45, 7) is 0.457. The molecule has 9 nitrogen and oxygen atoms in total. The molecule has 1 N–H and O–H groups in total. The standard InChI is InChI=1S/C25H25N5O4/c1-32-20-9-6-17(7-10-20)15-27-25-28-24(19-5-4-12-26-16-19)29-30(25)23(31)14-18-8-11-21(33-2)22(13-18)34-3/h4-13,16H,14-15H2,1-3H3,(H,27,28,29). The molecule has 34 heavy (non-hydrogen) atoms. The van der Waals surface area contributed by atoms with E-state index in [0.29, 0.717) is 35.4 Å². The summed E-state index contributed by atoms with van der Waals surface area (Å²) in [5, 5.41) is 7.70. The van der Waals surface area contributed by atoms with Crippen LogP contribution in [0.25, 0.3) is 11.4 Å². The first-order chi connectivity index (χ1) is 16.6. The van der Waals surface area contributed by atoms with Crippen LogP contribution >= 0.6 is 0 Å². The Bertz CT molecular complexity index is 1260. The Labute approximate surface area is 197 Å². The first kappa shape index (κ1) is 22.8. The number of benzene rings is 2. The maximum Gasteiger partial charge on any atom is 0.254 e. The van der Waals surface area contributed by atoms with Crippen molar-refractivity contribution in [1.82, 2.24) is 19.7 Å². The molecule has 0 amide bonds. The molecule has 0 unspecified atom stereocenters. The molecule has 4 aromatic rings. The van der Waals surface area contributed by atoms with Crippen molar-refractivity contribution >= 4 is 11.9 Å². The highest BCUT2D eigenvalue weighted by molar-refractivity contribution is 5.83. The number of anilines is 1. The molecule has 2 heterocycles. The predicted octanol–water partition coefficient (Wildman–Crippen LogP) is 3.86. The second-order valence-electron chi connectivity index (χ2n) is 7.37. The van der Waals surface area contributed by atoms with E-state index in [0.717, 1.165) is 16.9 Å². The first-order valence-corrected chi connectivity index (χ1v) is 10.6. The van der Waals surface area contributed by atoms with Gasteiger partial charge in [0.25, 0.3) is 5.91 Å².